The maximum atomic E-state index is 9.05. The molecule has 3 N–H and O–H groups in total. The van der Waals surface area contributed by atoms with E-state index in [4.69, 9.17) is 20.3 Å². The Hall–Kier alpha value is -1.30. The smallest absolute Gasteiger partial charge is 0.126 e. The molecule has 22 heavy (non-hydrogen) atoms. The number of likely N-dealkylation sites (tertiary alicyclic amines) is 1. The highest BCUT2D eigenvalue weighted by Gasteiger charge is 2.28. The standard InChI is InChI=1S/C17H28N2O3/c1-21-14-3-4-15(17(11-14)22-2)16(12-18)13-5-7-19(8-6-13)9-10-20/h3-4,11,13,16,20H,5-10,12,18H2,1-2H3. The van der Waals surface area contributed by atoms with Crippen LogP contribution in [0.3, 0.4) is 0 Å². The monoisotopic (exact) mass is 308 g/mol. The van der Waals surface area contributed by atoms with E-state index in [1.807, 2.05) is 12.1 Å². The number of nitrogens with zero attached hydrogens (tertiary/aromatic N) is 1. The van der Waals surface area contributed by atoms with Gasteiger partial charge in [-0.2, -0.15) is 0 Å². The highest BCUT2D eigenvalue weighted by Crippen LogP contribution is 2.38. The van der Waals surface area contributed by atoms with Crippen molar-refractivity contribution in [2.75, 3.05) is 47.0 Å². The fourth-order valence-corrected chi connectivity index (χ4v) is 3.42. The van der Waals surface area contributed by atoms with Crippen LogP contribution in [0, 0.1) is 5.92 Å². The normalized spacial score (nSPS) is 18.2. The number of ether oxygens (including phenoxy) is 2. The molecule has 0 radical (unpaired) electrons. The fourth-order valence-electron chi connectivity index (χ4n) is 3.42. The number of nitrogens with two attached hydrogens (primary N) is 1. The van der Waals surface area contributed by atoms with E-state index in [2.05, 4.69) is 11.0 Å². The van der Waals surface area contributed by atoms with Crippen LogP contribution in [-0.4, -0.2) is 57.0 Å². The molecular formula is C17H28N2O3. The van der Waals surface area contributed by atoms with Crippen LogP contribution in [-0.2, 0) is 0 Å². The van der Waals surface area contributed by atoms with Gasteiger partial charge in [-0.05, 0) is 50.0 Å². The summed E-state index contributed by atoms with van der Waals surface area (Å²) in [5.41, 5.74) is 7.26. The molecule has 1 heterocycles. The number of β-amino-alcohol motifs (C(OH)–C–C–N with tert-alkyl or cyclic N) is 1. The van der Waals surface area contributed by atoms with E-state index < -0.39 is 0 Å². The van der Waals surface area contributed by atoms with Crippen molar-refractivity contribution in [2.45, 2.75) is 18.8 Å². The molecule has 2 rings (SSSR count). The number of hydrogen-bond acceptors (Lipinski definition) is 5. The molecule has 1 atom stereocenters. The Labute approximate surface area is 133 Å². The molecular weight excluding hydrogens is 280 g/mol. The first-order valence-electron chi connectivity index (χ1n) is 7.98. The van der Waals surface area contributed by atoms with Gasteiger partial charge in [0.25, 0.3) is 0 Å². The predicted molar refractivity (Wildman–Crippen MR) is 87.6 cm³/mol. The van der Waals surface area contributed by atoms with Crippen molar-refractivity contribution in [2.24, 2.45) is 11.7 Å². The Bertz CT molecular complexity index is 459. The zero-order valence-electron chi connectivity index (χ0n) is 13.6. The molecule has 1 saturated heterocycles. The van der Waals surface area contributed by atoms with Crippen molar-refractivity contribution >= 4 is 0 Å². The fraction of sp³-hybridized carbons (Fsp3) is 0.647. The van der Waals surface area contributed by atoms with Gasteiger partial charge in [0.1, 0.15) is 11.5 Å². The van der Waals surface area contributed by atoms with E-state index in [1.165, 1.54) is 5.56 Å². The van der Waals surface area contributed by atoms with Gasteiger partial charge in [-0.15, -0.1) is 0 Å². The second kappa shape index (κ2) is 8.36. The van der Waals surface area contributed by atoms with Crippen molar-refractivity contribution in [3.05, 3.63) is 23.8 Å². The van der Waals surface area contributed by atoms with E-state index in [0.717, 1.165) is 44.0 Å². The van der Waals surface area contributed by atoms with E-state index in [9.17, 15) is 0 Å². The number of benzene rings is 1. The lowest BCUT2D eigenvalue weighted by Gasteiger charge is -2.36. The first kappa shape index (κ1) is 17.1. The summed E-state index contributed by atoms with van der Waals surface area (Å²) >= 11 is 0. The Morgan fingerprint density at radius 1 is 1.27 bits per heavy atom. The summed E-state index contributed by atoms with van der Waals surface area (Å²) in [5, 5.41) is 9.05. The van der Waals surface area contributed by atoms with Gasteiger partial charge in [0.2, 0.25) is 0 Å². The summed E-state index contributed by atoms with van der Waals surface area (Å²) in [6.07, 6.45) is 2.22. The second-order valence-electron chi connectivity index (χ2n) is 5.85. The minimum Gasteiger partial charge on any atom is -0.497 e. The van der Waals surface area contributed by atoms with Crippen LogP contribution in [0.5, 0.6) is 11.5 Å². The number of rotatable bonds is 7. The first-order valence-corrected chi connectivity index (χ1v) is 7.98. The average molecular weight is 308 g/mol. The Balaban J connectivity index is 2.12. The molecule has 0 aliphatic carbocycles. The summed E-state index contributed by atoms with van der Waals surface area (Å²) < 4.78 is 10.8. The van der Waals surface area contributed by atoms with Gasteiger partial charge in [0.05, 0.1) is 20.8 Å². The van der Waals surface area contributed by atoms with Crippen molar-refractivity contribution in [1.29, 1.82) is 0 Å². The summed E-state index contributed by atoms with van der Waals surface area (Å²) in [4.78, 5) is 2.31. The van der Waals surface area contributed by atoms with Gasteiger partial charge in [0, 0.05) is 18.5 Å². The molecule has 124 valence electrons. The van der Waals surface area contributed by atoms with Gasteiger partial charge < -0.3 is 25.2 Å². The molecule has 1 aliphatic rings. The molecule has 5 nitrogen and oxygen atoms in total. The van der Waals surface area contributed by atoms with E-state index in [1.54, 1.807) is 14.2 Å². The van der Waals surface area contributed by atoms with Gasteiger partial charge in [-0.1, -0.05) is 6.07 Å². The van der Waals surface area contributed by atoms with Crippen LogP contribution in [0.15, 0.2) is 18.2 Å². The molecule has 0 saturated carbocycles. The maximum Gasteiger partial charge on any atom is 0.126 e. The lowest BCUT2D eigenvalue weighted by molar-refractivity contribution is 0.138. The van der Waals surface area contributed by atoms with Gasteiger partial charge in [-0.3, -0.25) is 0 Å². The lowest BCUT2D eigenvalue weighted by atomic mass is 9.79. The minimum atomic E-state index is 0.233. The molecule has 1 aromatic rings. The van der Waals surface area contributed by atoms with Crippen LogP contribution < -0.4 is 15.2 Å². The lowest BCUT2D eigenvalue weighted by Crippen LogP contribution is -2.38. The number of piperidine rings is 1. The van der Waals surface area contributed by atoms with E-state index in [0.29, 0.717) is 18.4 Å². The largest absolute Gasteiger partial charge is 0.497 e. The zero-order valence-corrected chi connectivity index (χ0v) is 13.6. The van der Waals surface area contributed by atoms with Crippen molar-refractivity contribution in [1.82, 2.24) is 4.90 Å². The van der Waals surface area contributed by atoms with Crippen LogP contribution in [0.1, 0.15) is 24.3 Å². The molecule has 0 bridgehead atoms. The molecule has 1 fully saturated rings. The Kier molecular flexibility index (Phi) is 6.49. The van der Waals surface area contributed by atoms with E-state index >= 15 is 0 Å². The van der Waals surface area contributed by atoms with Gasteiger partial charge in [-0.25, -0.2) is 0 Å². The number of methoxy groups -OCH3 is 2. The van der Waals surface area contributed by atoms with Crippen molar-refractivity contribution in [3.63, 3.8) is 0 Å². The van der Waals surface area contributed by atoms with Crippen molar-refractivity contribution < 1.29 is 14.6 Å². The van der Waals surface area contributed by atoms with Gasteiger partial charge >= 0.3 is 0 Å². The molecule has 1 aromatic carbocycles. The average Bonchev–Trinajstić information content (AvgIpc) is 2.57. The third-order valence-electron chi connectivity index (χ3n) is 4.71. The SMILES string of the molecule is COc1ccc(C(CN)C2CCN(CCO)CC2)c(OC)c1. The third kappa shape index (κ3) is 3.91. The quantitative estimate of drug-likeness (QED) is 0.798. The maximum absolute atomic E-state index is 9.05. The second-order valence-corrected chi connectivity index (χ2v) is 5.85. The number of hydrogen-bond donors (Lipinski definition) is 2. The van der Waals surface area contributed by atoms with Gasteiger partial charge in [0.15, 0.2) is 0 Å². The summed E-state index contributed by atoms with van der Waals surface area (Å²) in [5.74, 6) is 2.51. The topological polar surface area (TPSA) is 68.0 Å². The summed E-state index contributed by atoms with van der Waals surface area (Å²) in [6, 6.07) is 5.98. The van der Waals surface area contributed by atoms with Crippen molar-refractivity contribution in [3.8, 4) is 11.5 Å². The minimum absolute atomic E-state index is 0.233. The highest BCUT2D eigenvalue weighted by molar-refractivity contribution is 5.43. The van der Waals surface area contributed by atoms with Crippen LogP contribution in [0.2, 0.25) is 0 Å². The Morgan fingerprint density at radius 2 is 2.00 bits per heavy atom. The predicted octanol–water partition coefficient (Wildman–Crippen LogP) is 1.45. The molecule has 0 aromatic heterocycles. The summed E-state index contributed by atoms with van der Waals surface area (Å²) in [7, 11) is 3.35. The molecule has 1 aliphatic heterocycles. The Morgan fingerprint density at radius 3 is 2.55 bits per heavy atom. The number of aliphatic hydroxyl groups excluding tert-OH is 1. The van der Waals surface area contributed by atoms with Crippen LogP contribution >= 0.6 is 0 Å². The molecule has 1 unspecified atom stereocenters. The van der Waals surface area contributed by atoms with Crippen LogP contribution in [0.25, 0.3) is 0 Å². The summed E-state index contributed by atoms with van der Waals surface area (Å²) in [6.45, 7) is 3.68. The van der Waals surface area contributed by atoms with Crippen LogP contribution in [0.4, 0.5) is 0 Å². The third-order valence-corrected chi connectivity index (χ3v) is 4.71. The molecule has 0 amide bonds. The highest BCUT2D eigenvalue weighted by atomic mass is 16.5. The number of aliphatic hydroxyl groups is 1. The first-order chi connectivity index (χ1) is 10.7. The van der Waals surface area contributed by atoms with E-state index in [-0.39, 0.29) is 6.61 Å². The zero-order chi connectivity index (χ0) is 15.9. The molecule has 5 heteroatoms. The molecule has 0 spiro atoms.